The van der Waals surface area contributed by atoms with Crippen LogP contribution in [0, 0.1) is 5.92 Å². The monoisotopic (exact) mass is 240 g/mol. The van der Waals surface area contributed by atoms with E-state index in [2.05, 4.69) is 6.92 Å². The topological polar surface area (TPSA) is 32.8 Å². The minimum absolute atomic E-state index is 0.199. The van der Waals surface area contributed by atoms with Crippen molar-refractivity contribution in [2.24, 2.45) is 5.92 Å². The number of morpholine rings is 1. The average Bonchev–Trinajstić information content (AvgIpc) is 2.26. The number of urea groups is 1. The first-order valence-electron chi connectivity index (χ1n) is 6.66. The molecule has 1 atom stereocenters. The Hall–Kier alpha value is -0.770. The first-order chi connectivity index (χ1) is 7.98. The highest BCUT2D eigenvalue weighted by atomic mass is 16.5. The molecule has 2 fully saturated rings. The molecule has 98 valence electrons. The number of likely N-dealkylation sites (tertiary alicyclic amines) is 1. The third-order valence-electron chi connectivity index (χ3n) is 3.62. The Balaban J connectivity index is 1.94. The number of hydrogen-bond acceptors (Lipinski definition) is 2. The number of amides is 2. The minimum Gasteiger partial charge on any atom is -0.372 e. The fourth-order valence-corrected chi connectivity index (χ4v) is 2.74. The molecule has 0 N–H and O–H groups in total. The molecule has 0 aliphatic carbocycles. The quantitative estimate of drug-likeness (QED) is 0.648. The van der Waals surface area contributed by atoms with Crippen molar-refractivity contribution in [3.05, 3.63) is 0 Å². The Morgan fingerprint density at radius 1 is 1.29 bits per heavy atom. The molecular formula is C13H24N2O2. The summed E-state index contributed by atoms with van der Waals surface area (Å²) in [6, 6.07) is 0.202. The summed E-state index contributed by atoms with van der Waals surface area (Å²) < 4.78 is 5.64. The largest absolute Gasteiger partial charge is 0.372 e. The highest BCUT2D eigenvalue weighted by molar-refractivity contribution is 5.74. The van der Waals surface area contributed by atoms with Crippen molar-refractivity contribution < 1.29 is 9.53 Å². The molecule has 17 heavy (non-hydrogen) atoms. The Morgan fingerprint density at radius 2 is 2.06 bits per heavy atom. The van der Waals surface area contributed by atoms with Gasteiger partial charge in [0.2, 0.25) is 0 Å². The van der Waals surface area contributed by atoms with Crippen LogP contribution in [-0.2, 0) is 4.74 Å². The molecule has 0 aromatic rings. The second-order valence-corrected chi connectivity index (χ2v) is 6.01. The average molecular weight is 240 g/mol. The molecule has 4 heteroatoms. The molecule has 0 spiro atoms. The van der Waals surface area contributed by atoms with Gasteiger partial charge in [0, 0.05) is 19.6 Å². The molecule has 0 radical (unpaired) electrons. The summed E-state index contributed by atoms with van der Waals surface area (Å²) in [5.74, 6) is 0.641. The maximum absolute atomic E-state index is 12.4. The summed E-state index contributed by atoms with van der Waals surface area (Å²) in [7, 11) is 0. The molecule has 2 heterocycles. The normalized spacial score (nSPS) is 29.2. The number of hydrogen-bond donors (Lipinski definition) is 0. The van der Waals surface area contributed by atoms with Crippen molar-refractivity contribution in [3.63, 3.8) is 0 Å². The van der Waals surface area contributed by atoms with E-state index in [0.717, 1.165) is 26.1 Å². The van der Waals surface area contributed by atoms with E-state index in [4.69, 9.17) is 4.74 Å². The van der Waals surface area contributed by atoms with Gasteiger partial charge in [0.15, 0.2) is 0 Å². The maximum atomic E-state index is 12.4. The first-order valence-corrected chi connectivity index (χ1v) is 6.66. The molecular weight excluding hydrogens is 216 g/mol. The summed E-state index contributed by atoms with van der Waals surface area (Å²) in [5, 5.41) is 0. The Labute approximate surface area is 104 Å². The molecule has 2 aliphatic rings. The highest BCUT2D eigenvalue weighted by Crippen LogP contribution is 2.21. The zero-order chi connectivity index (χ0) is 12.5. The summed E-state index contributed by atoms with van der Waals surface area (Å²) in [5.41, 5.74) is -0.199. The molecule has 0 aromatic heterocycles. The Morgan fingerprint density at radius 3 is 2.71 bits per heavy atom. The first kappa shape index (κ1) is 12.7. The van der Waals surface area contributed by atoms with Crippen LogP contribution in [-0.4, -0.2) is 54.2 Å². The number of ether oxygens (including phenoxy) is 1. The lowest BCUT2D eigenvalue weighted by Gasteiger charge is -2.41. The molecule has 0 saturated carbocycles. The zero-order valence-corrected chi connectivity index (χ0v) is 11.2. The Kier molecular flexibility index (Phi) is 3.61. The fraction of sp³-hybridized carbons (Fsp3) is 0.923. The van der Waals surface area contributed by atoms with Crippen LogP contribution in [0.15, 0.2) is 0 Å². The van der Waals surface area contributed by atoms with E-state index >= 15 is 0 Å². The van der Waals surface area contributed by atoms with E-state index in [1.54, 1.807) is 0 Å². The summed E-state index contributed by atoms with van der Waals surface area (Å²) in [6.07, 6.45) is 2.39. The van der Waals surface area contributed by atoms with E-state index in [-0.39, 0.29) is 11.6 Å². The molecule has 2 aliphatic heterocycles. The standard InChI is InChI=1S/C13H24N2O2/c1-11-5-4-6-14(9-11)12(16)15-7-8-17-13(2,3)10-15/h11H,4-10H2,1-3H3. The number of carbonyl (C=O) groups is 1. The van der Waals surface area contributed by atoms with Gasteiger partial charge >= 0.3 is 6.03 Å². The van der Waals surface area contributed by atoms with Gasteiger partial charge in [-0.15, -0.1) is 0 Å². The lowest BCUT2D eigenvalue weighted by Crippen LogP contribution is -2.55. The second-order valence-electron chi connectivity index (χ2n) is 6.01. The van der Waals surface area contributed by atoms with Gasteiger partial charge in [0.25, 0.3) is 0 Å². The lowest BCUT2D eigenvalue weighted by molar-refractivity contribution is -0.0770. The summed E-state index contributed by atoms with van der Waals surface area (Å²) in [6.45, 7) is 10.2. The number of nitrogens with zero attached hydrogens (tertiary/aromatic N) is 2. The number of rotatable bonds is 0. The smallest absolute Gasteiger partial charge is 0.320 e. The van der Waals surface area contributed by atoms with Gasteiger partial charge in [0.1, 0.15) is 0 Å². The third kappa shape index (κ3) is 3.12. The van der Waals surface area contributed by atoms with Crippen LogP contribution in [0.5, 0.6) is 0 Å². The lowest BCUT2D eigenvalue weighted by atomic mass is 10.0. The van der Waals surface area contributed by atoms with Crippen molar-refractivity contribution in [1.29, 1.82) is 0 Å². The van der Waals surface area contributed by atoms with E-state index in [1.165, 1.54) is 6.42 Å². The molecule has 4 nitrogen and oxygen atoms in total. The molecule has 2 rings (SSSR count). The van der Waals surface area contributed by atoms with E-state index in [1.807, 2.05) is 23.6 Å². The van der Waals surface area contributed by atoms with Crippen LogP contribution in [0.25, 0.3) is 0 Å². The van der Waals surface area contributed by atoms with Crippen LogP contribution in [0.2, 0.25) is 0 Å². The van der Waals surface area contributed by atoms with Gasteiger partial charge in [-0.3, -0.25) is 0 Å². The SMILES string of the molecule is CC1CCCN(C(=O)N2CCOC(C)(C)C2)C1. The maximum Gasteiger partial charge on any atom is 0.320 e. The van der Waals surface area contributed by atoms with Crippen LogP contribution in [0.3, 0.4) is 0 Å². The minimum atomic E-state index is -0.199. The van der Waals surface area contributed by atoms with Gasteiger partial charge in [-0.05, 0) is 32.6 Å². The van der Waals surface area contributed by atoms with Gasteiger partial charge in [-0.1, -0.05) is 6.92 Å². The van der Waals surface area contributed by atoms with Gasteiger partial charge in [-0.2, -0.15) is 0 Å². The second kappa shape index (κ2) is 4.84. The van der Waals surface area contributed by atoms with E-state index < -0.39 is 0 Å². The van der Waals surface area contributed by atoms with Crippen LogP contribution >= 0.6 is 0 Å². The fourth-order valence-electron chi connectivity index (χ4n) is 2.74. The third-order valence-corrected chi connectivity index (χ3v) is 3.62. The van der Waals surface area contributed by atoms with Gasteiger partial charge in [0.05, 0.1) is 18.8 Å². The van der Waals surface area contributed by atoms with Gasteiger partial charge in [-0.25, -0.2) is 4.79 Å². The van der Waals surface area contributed by atoms with E-state index in [0.29, 0.717) is 19.1 Å². The van der Waals surface area contributed by atoms with Crippen molar-refractivity contribution in [2.45, 2.75) is 39.2 Å². The van der Waals surface area contributed by atoms with Gasteiger partial charge < -0.3 is 14.5 Å². The zero-order valence-electron chi connectivity index (χ0n) is 11.2. The predicted octanol–water partition coefficient (Wildman–Crippen LogP) is 1.95. The Bertz CT molecular complexity index is 291. The number of piperidine rings is 1. The predicted molar refractivity (Wildman–Crippen MR) is 67.0 cm³/mol. The van der Waals surface area contributed by atoms with E-state index in [9.17, 15) is 4.79 Å². The molecule has 2 saturated heterocycles. The van der Waals surface area contributed by atoms with Crippen molar-refractivity contribution in [3.8, 4) is 0 Å². The van der Waals surface area contributed by atoms with Crippen molar-refractivity contribution in [2.75, 3.05) is 32.8 Å². The summed E-state index contributed by atoms with van der Waals surface area (Å²) in [4.78, 5) is 16.3. The van der Waals surface area contributed by atoms with Crippen LogP contribution in [0.4, 0.5) is 4.79 Å². The van der Waals surface area contributed by atoms with Crippen molar-refractivity contribution in [1.82, 2.24) is 9.80 Å². The molecule has 2 amide bonds. The molecule has 0 aromatic carbocycles. The summed E-state index contributed by atoms with van der Waals surface area (Å²) >= 11 is 0. The highest BCUT2D eigenvalue weighted by Gasteiger charge is 2.33. The van der Waals surface area contributed by atoms with Crippen LogP contribution in [0.1, 0.15) is 33.6 Å². The van der Waals surface area contributed by atoms with Crippen molar-refractivity contribution >= 4 is 6.03 Å². The molecule has 0 bridgehead atoms. The number of carbonyl (C=O) groups excluding carboxylic acids is 1. The van der Waals surface area contributed by atoms with Crippen LogP contribution < -0.4 is 0 Å². The molecule has 1 unspecified atom stereocenters.